The molecule has 24 heavy (non-hydrogen) atoms. The fraction of sp³-hybridized carbons (Fsp3) is 0.450. The van der Waals surface area contributed by atoms with Gasteiger partial charge in [0.1, 0.15) is 0 Å². The van der Waals surface area contributed by atoms with Crippen LogP contribution < -0.4 is 5.32 Å². The van der Waals surface area contributed by atoms with Crippen LogP contribution in [0.2, 0.25) is 0 Å². The first kappa shape index (κ1) is 17.2. The van der Waals surface area contributed by atoms with Crippen molar-refractivity contribution in [3.8, 4) is 11.1 Å². The molecule has 1 N–H and O–H groups in total. The molecule has 3 rings (SSSR count). The molecule has 0 aliphatic carbocycles. The molecule has 1 unspecified atom stereocenters. The van der Waals surface area contributed by atoms with E-state index in [1.165, 1.54) is 16.7 Å². The lowest BCUT2D eigenvalue weighted by Crippen LogP contribution is -2.44. The number of hydrogen-bond acceptors (Lipinski definition) is 3. The van der Waals surface area contributed by atoms with Gasteiger partial charge in [-0.05, 0) is 72.8 Å². The molecule has 0 saturated carbocycles. The second kappa shape index (κ2) is 7.95. The molecule has 1 amide bonds. The van der Waals surface area contributed by atoms with Gasteiger partial charge in [0.05, 0.1) is 5.92 Å². The van der Waals surface area contributed by atoms with Gasteiger partial charge in [0, 0.05) is 19.1 Å². The predicted octanol–water partition coefficient (Wildman–Crippen LogP) is 4.15. The monoisotopic (exact) mass is 342 g/mol. The highest BCUT2D eigenvalue weighted by Gasteiger charge is 2.26. The summed E-state index contributed by atoms with van der Waals surface area (Å²) in [5.41, 5.74) is 3.89. The van der Waals surface area contributed by atoms with Crippen LogP contribution in [0.15, 0.2) is 41.1 Å². The largest absolute Gasteiger partial charge is 0.354 e. The molecular formula is C20H26N2OS. The molecule has 1 saturated heterocycles. The van der Waals surface area contributed by atoms with E-state index in [-0.39, 0.29) is 17.9 Å². The summed E-state index contributed by atoms with van der Waals surface area (Å²) in [7, 11) is 0. The molecule has 4 heteroatoms. The molecule has 0 radical (unpaired) electrons. The SMILES string of the molecule is CC(C)NC(=O)C1CCCN(Cc2cccc(-c3ccsc3)c2)C1. The van der Waals surface area contributed by atoms with Gasteiger partial charge in [0.25, 0.3) is 0 Å². The van der Waals surface area contributed by atoms with Crippen LogP contribution in [0, 0.1) is 5.92 Å². The third kappa shape index (κ3) is 4.46. The number of nitrogens with zero attached hydrogens (tertiary/aromatic N) is 1. The van der Waals surface area contributed by atoms with Gasteiger partial charge in [-0.1, -0.05) is 18.2 Å². The van der Waals surface area contributed by atoms with Crippen LogP contribution in [0.5, 0.6) is 0 Å². The fourth-order valence-corrected chi connectivity index (χ4v) is 4.02. The summed E-state index contributed by atoms with van der Waals surface area (Å²) in [6.45, 7) is 6.90. The zero-order valence-electron chi connectivity index (χ0n) is 14.5. The molecule has 1 fully saturated rings. The van der Waals surface area contributed by atoms with Gasteiger partial charge in [0.2, 0.25) is 5.91 Å². The molecule has 1 aromatic carbocycles. The number of carbonyl (C=O) groups excluding carboxylic acids is 1. The van der Waals surface area contributed by atoms with Crippen molar-refractivity contribution >= 4 is 17.2 Å². The van der Waals surface area contributed by atoms with E-state index in [0.29, 0.717) is 0 Å². The van der Waals surface area contributed by atoms with Crippen molar-refractivity contribution in [2.75, 3.05) is 13.1 Å². The van der Waals surface area contributed by atoms with Crippen molar-refractivity contribution in [2.45, 2.75) is 39.3 Å². The van der Waals surface area contributed by atoms with Crippen molar-refractivity contribution in [3.05, 3.63) is 46.7 Å². The molecule has 128 valence electrons. The molecular weight excluding hydrogens is 316 g/mol. The second-order valence-corrected chi connectivity index (χ2v) is 7.73. The lowest BCUT2D eigenvalue weighted by Gasteiger charge is -2.32. The Morgan fingerprint density at radius 3 is 2.96 bits per heavy atom. The normalized spacial score (nSPS) is 18.7. The summed E-state index contributed by atoms with van der Waals surface area (Å²) in [5, 5.41) is 7.36. The number of amides is 1. The minimum Gasteiger partial charge on any atom is -0.354 e. The van der Waals surface area contributed by atoms with Gasteiger partial charge >= 0.3 is 0 Å². The third-order valence-electron chi connectivity index (χ3n) is 4.49. The Kier molecular flexibility index (Phi) is 5.69. The maximum atomic E-state index is 12.3. The Morgan fingerprint density at radius 2 is 2.21 bits per heavy atom. The third-order valence-corrected chi connectivity index (χ3v) is 5.18. The number of benzene rings is 1. The van der Waals surface area contributed by atoms with Crippen LogP contribution in [-0.2, 0) is 11.3 Å². The van der Waals surface area contributed by atoms with Crippen LogP contribution >= 0.6 is 11.3 Å². The number of rotatable bonds is 5. The highest BCUT2D eigenvalue weighted by Crippen LogP contribution is 2.24. The highest BCUT2D eigenvalue weighted by molar-refractivity contribution is 7.08. The van der Waals surface area contributed by atoms with Gasteiger partial charge in [-0.3, -0.25) is 9.69 Å². The number of thiophene rings is 1. The zero-order valence-corrected chi connectivity index (χ0v) is 15.3. The number of nitrogens with one attached hydrogen (secondary N) is 1. The topological polar surface area (TPSA) is 32.3 Å². The molecule has 1 aliphatic rings. The maximum absolute atomic E-state index is 12.3. The number of hydrogen-bond donors (Lipinski definition) is 1. The van der Waals surface area contributed by atoms with E-state index in [2.05, 4.69) is 51.3 Å². The molecule has 0 bridgehead atoms. The molecule has 2 heterocycles. The van der Waals surface area contributed by atoms with Crippen molar-refractivity contribution in [3.63, 3.8) is 0 Å². The standard InChI is InChI=1S/C20H26N2OS/c1-15(2)21-20(23)18-7-4-9-22(13-18)12-16-5-3-6-17(11-16)19-8-10-24-14-19/h3,5-6,8,10-11,14-15,18H,4,7,9,12-13H2,1-2H3,(H,21,23). The number of piperidine rings is 1. The van der Waals surface area contributed by atoms with E-state index in [9.17, 15) is 4.79 Å². The Labute approximate surface area is 148 Å². The van der Waals surface area contributed by atoms with Crippen molar-refractivity contribution < 1.29 is 4.79 Å². The van der Waals surface area contributed by atoms with Gasteiger partial charge in [-0.25, -0.2) is 0 Å². The van der Waals surface area contributed by atoms with Gasteiger partial charge in [-0.15, -0.1) is 0 Å². The number of likely N-dealkylation sites (tertiary alicyclic amines) is 1. The molecule has 0 spiro atoms. The Balaban J connectivity index is 1.63. The van der Waals surface area contributed by atoms with E-state index in [4.69, 9.17) is 0 Å². The van der Waals surface area contributed by atoms with Crippen LogP contribution in [-0.4, -0.2) is 29.9 Å². The average molecular weight is 343 g/mol. The molecule has 1 aliphatic heterocycles. The number of carbonyl (C=O) groups is 1. The Hall–Kier alpha value is -1.65. The summed E-state index contributed by atoms with van der Waals surface area (Å²) in [6, 6.07) is 11.1. The zero-order chi connectivity index (χ0) is 16.9. The average Bonchev–Trinajstić information content (AvgIpc) is 3.09. The minimum atomic E-state index is 0.126. The summed E-state index contributed by atoms with van der Waals surface area (Å²) in [4.78, 5) is 14.7. The van der Waals surface area contributed by atoms with Gasteiger partial charge < -0.3 is 5.32 Å². The van der Waals surface area contributed by atoms with E-state index in [0.717, 1.165) is 32.5 Å². The fourth-order valence-electron chi connectivity index (χ4n) is 3.35. The first-order valence-electron chi connectivity index (χ1n) is 8.76. The van der Waals surface area contributed by atoms with Crippen LogP contribution in [0.3, 0.4) is 0 Å². The van der Waals surface area contributed by atoms with E-state index in [1.54, 1.807) is 11.3 Å². The first-order valence-corrected chi connectivity index (χ1v) is 9.70. The summed E-state index contributed by atoms with van der Waals surface area (Å²) < 4.78 is 0. The summed E-state index contributed by atoms with van der Waals surface area (Å²) in [6.07, 6.45) is 2.10. The van der Waals surface area contributed by atoms with Crippen LogP contribution in [0.1, 0.15) is 32.3 Å². The molecule has 1 aromatic heterocycles. The second-order valence-electron chi connectivity index (χ2n) is 6.95. The molecule has 1 atom stereocenters. The van der Waals surface area contributed by atoms with Crippen molar-refractivity contribution in [1.82, 2.24) is 10.2 Å². The maximum Gasteiger partial charge on any atom is 0.224 e. The van der Waals surface area contributed by atoms with Crippen LogP contribution in [0.4, 0.5) is 0 Å². The summed E-state index contributed by atoms with van der Waals surface area (Å²) >= 11 is 1.73. The highest BCUT2D eigenvalue weighted by atomic mass is 32.1. The molecule has 3 nitrogen and oxygen atoms in total. The minimum absolute atomic E-state index is 0.126. The van der Waals surface area contributed by atoms with E-state index >= 15 is 0 Å². The first-order chi connectivity index (χ1) is 11.6. The summed E-state index contributed by atoms with van der Waals surface area (Å²) in [5.74, 6) is 0.336. The van der Waals surface area contributed by atoms with Gasteiger partial charge in [-0.2, -0.15) is 11.3 Å². The quantitative estimate of drug-likeness (QED) is 0.885. The van der Waals surface area contributed by atoms with Crippen molar-refractivity contribution in [1.29, 1.82) is 0 Å². The van der Waals surface area contributed by atoms with Crippen molar-refractivity contribution in [2.24, 2.45) is 5.92 Å². The Bertz CT molecular complexity index is 666. The smallest absolute Gasteiger partial charge is 0.224 e. The lowest BCUT2D eigenvalue weighted by molar-refractivity contribution is -0.127. The van der Waals surface area contributed by atoms with Crippen LogP contribution in [0.25, 0.3) is 11.1 Å². The Morgan fingerprint density at radius 1 is 1.33 bits per heavy atom. The molecule has 2 aromatic rings. The van der Waals surface area contributed by atoms with Gasteiger partial charge in [0.15, 0.2) is 0 Å². The van der Waals surface area contributed by atoms with E-state index < -0.39 is 0 Å². The lowest BCUT2D eigenvalue weighted by atomic mass is 9.96. The predicted molar refractivity (Wildman–Crippen MR) is 101 cm³/mol. The van der Waals surface area contributed by atoms with E-state index in [1.807, 2.05) is 13.8 Å².